The van der Waals surface area contributed by atoms with E-state index in [1.54, 1.807) is 5.43 Å². The summed E-state index contributed by atoms with van der Waals surface area (Å²) in [4.78, 5) is 35.3. The number of amides is 2. The number of nitrogens with two attached hydrogens (primary N) is 1. The molecule has 2 amide bonds. The number of carbonyl (C=O) groups is 3. The van der Waals surface area contributed by atoms with Gasteiger partial charge in [-0.2, -0.15) is 16.8 Å². The summed E-state index contributed by atoms with van der Waals surface area (Å²) >= 11 is 0. The van der Waals surface area contributed by atoms with Crippen LogP contribution in [0.2, 0.25) is 0 Å². The zero-order chi connectivity index (χ0) is 21.0. The maximum absolute atomic E-state index is 12.7. The van der Waals surface area contributed by atoms with Gasteiger partial charge in [-0.05, 0) is 29.7 Å². The lowest BCUT2D eigenvalue weighted by atomic mass is 9.84. The number of urea groups is 1. The number of nitrogens with one attached hydrogen (secondary N) is 2. The summed E-state index contributed by atoms with van der Waals surface area (Å²) in [6, 6.07) is 0.312. The van der Waals surface area contributed by atoms with Gasteiger partial charge in [0.15, 0.2) is 17.6 Å². The molecule has 0 heterocycles. The van der Waals surface area contributed by atoms with Crippen LogP contribution in [-0.4, -0.2) is 49.6 Å². The van der Waals surface area contributed by atoms with E-state index in [0.717, 1.165) is 24.3 Å². The summed E-state index contributed by atoms with van der Waals surface area (Å²) in [7, 11) is -9.63. The van der Waals surface area contributed by atoms with Gasteiger partial charge in [0.2, 0.25) is 0 Å². The molecule has 0 aliphatic heterocycles. The monoisotopic (exact) mass is 429 g/mol. The Morgan fingerprint density at radius 2 is 1.32 bits per heavy atom. The van der Waals surface area contributed by atoms with E-state index >= 15 is 0 Å². The molecule has 0 unspecified atom stereocenters. The molecule has 2 aromatic carbocycles. The first-order valence-corrected chi connectivity index (χ1v) is 10.1. The molecule has 0 spiro atoms. The highest BCUT2D eigenvalue weighted by Crippen LogP contribution is 2.34. The Morgan fingerprint density at radius 1 is 0.893 bits per heavy atom. The fraction of sp³-hybridized carbons (Fsp3) is 0.0714. The second kappa shape index (κ2) is 6.32. The molecule has 0 atom stereocenters. The van der Waals surface area contributed by atoms with E-state index in [1.165, 1.54) is 0 Å². The summed E-state index contributed by atoms with van der Waals surface area (Å²) < 4.78 is 64.7. The van der Waals surface area contributed by atoms with Crippen LogP contribution in [0.1, 0.15) is 20.7 Å². The third kappa shape index (κ3) is 3.23. The number of hydrogen-bond donors (Lipinski definition) is 5. The standard InChI is InChI=1S/C14H11N3O9S2/c15-17-14(20)16-11-12(18)8-3-6(27(21,22)23)1-5-2-7(28(24,25)26)4-9(10(5)8)13(11)19/h1-4,11H,15H2,(H2,16,17,20)(H,21,22,23)(H,24,25,26). The van der Waals surface area contributed by atoms with Crippen LogP contribution in [0.25, 0.3) is 10.8 Å². The molecular formula is C14H11N3O9S2. The maximum atomic E-state index is 12.7. The number of benzene rings is 2. The van der Waals surface area contributed by atoms with E-state index in [2.05, 4.69) is 0 Å². The Kier molecular flexibility index (Phi) is 4.48. The number of carbonyl (C=O) groups excluding carboxylic acids is 3. The van der Waals surface area contributed by atoms with Gasteiger partial charge in [0.25, 0.3) is 20.2 Å². The zero-order valence-corrected chi connectivity index (χ0v) is 15.2. The van der Waals surface area contributed by atoms with Crippen molar-refractivity contribution in [1.29, 1.82) is 0 Å². The van der Waals surface area contributed by atoms with Gasteiger partial charge >= 0.3 is 6.03 Å². The van der Waals surface area contributed by atoms with Crippen LogP contribution in [0.3, 0.4) is 0 Å². The molecule has 148 valence electrons. The Balaban J connectivity index is 2.42. The number of rotatable bonds is 3. The molecule has 1 aliphatic carbocycles. The van der Waals surface area contributed by atoms with Crippen molar-refractivity contribution in [3.63, 3.8) is 0 Å². The van der Waals surface area contributed by atoms with Gasteiger partial charge < -0.3 is 5.32 Å². The van der Waals surface area contributed by atoms with E-state index in [9.17, 15) is 40.3 Å². The lowest BCUT2D eigenvalue weighted by Crippen LogP contribution is -2.53. The van der Waals surface area contributed by atoms with Gasteiger partial charge in [0.05, 0.1) is 9.79 Å². The van der Waals surface area contributed by atoms with Crippen molar-refractivity contribution in [3.05, 3.63) is 35.4 Å². The van der Waals surface area contributed by atoms with Gasteiger partial charge in [-0.15, -0.1) is 0 Å². The van der Waals surface area contributed by atoms with E-state index in [-0.39, 0.29) is 21.9 Å². The quantitative estimate of drug-likeness (QED) is 0.135. The lowest BCUT2D eigenvalue weighted by Gasteiger charge is -2.24. The molecule has 0 aromatic heterocycles. The van der Waals surface area contributed by atoms with Crippen molar-refractivity contribution in [3.8, 4) is 0 Å². The summed E-state index contributed by atoms with van der Waals surface area (Å²) in [5.74, 6) is 2.90. The maximum Gasteiger partial charge on any atom is 0.329 e. The van der Waals surface area contributed by atoms with Crippen molar-refractivity contribution in [2.75, 3.05) is 0 Å². The minimum Gasteiger partial charge on any atom is -0.320 e. The second-order valence-electron chi connectivity index (χ2n) is 5.77. The lowest BCUT2D eigenvalue weighted by molar-refractivity contribution is 0.0837. The van der Waals surface area contributed by atoms with Crippen molar-refractivity contribution in [2.45, 2.75) is 15.8 Å². The average Bonchev–Trinajstić information content (AvgIpc) is 2.60. The molecule has 3 rings (SSSR count). The third-order valence-electron chi connectivity index (χ3n) is 4.05. The Morgan fingerprint density at radius 3 is 1.68 bits per heavy atom. The van der Waals surface area contributed by atoms with Crippen LogP contribution in [0.5, 0.6) is 0 Å². The van der Waals surface area contributed by atoms with E-state index in [1.807, 2.05) is 5.32 Å². The summed E-state index contributed by atoms with van der Waals surface area (Å²) in [6.07, 6.45) is 0. The molecule has 0 bridgehead atoms. The van der Waals surface area contributed by atoms with Gasteiger partial charge in [-0.3, -0.25) is 24.1 Å². The van der Waals surface area contributed by atoms with E-state index in [4.69, 9.17) is 5.84 Å². The van der Waals surface area contributed by atoms with Gasteiger partial charge in [-0.1, -0.05) is 0 Å². The fourth-order valence-corrected chi connectivity index (χ4v) is 3.97. The zero-order valence-electron chi connectivity index (χ0n) is 13.5. The van der Waals surface area contributed by atoms with Crippen molar-refractivity contribution >= 4 is 48.6 Å². The van der Waals surface area contributed by atoms with Crippen molar-refractivity contribution in [2.24, 2.45) is 5.84 Å². The van der Waals surface area contributed by atoms with Crippen LogP contribution < -0.4 is 16.6 Å². The van der Waals surface area contributed by atoms with Crippen LogP contribution in [-0.2, 0) is 20.2 Å². The molecule has 0 saturated carbocycles. The normalized spacial score (nSPS) is 15.0. The minimum atomic E-state index is -4.81. The molecule has 0 fully saturated rings. The van der Waals surface area contributed by atoms with Gasteiger partial charge in [0, 0.05) is 16.5 Å². The van der Waals surface area contributed by atoms with Crippen LogP contribution in [0.15, 0.2) is 34.1 Å². The predicted molar refractivity (Wildman–Crippen MR) is 91.9 cm³/mol. The Hall–Kier alpha value is -2.91. The Bertz CT molecular complexity index is 1200. The van der Waals surface area contributed by atoms with Crippen LogP contribution >= 0.6 is 0 Å². The first-order valence-electron chi connectivity index (χ1n) is 7.27. The van der Waals surface area contributed by atoms with Crippen LogP contribution in [0.4, 0.5) is 4.79 Å². The van der Waals surface area contributed by atoms with Gasteiger partial charge in [0.1, 0.15) is 0 Å². The molecule has 14 heteroatoms. The number of hydrazine groups is 1. The predicted octanol–water partition coefficient (Wildman–Crippen LogP) is -0.746. The molecule has 12 nitrogen and oxygen atoms in total. The molecule has 0 radical (unpaired) electrons. The SMILES string of the molecule is NNC(=O)NC1C(=O)c2cc(S(=O)(=O)O)cc3cc(S(=O)(=O)O)cc(c23)C1=O. The molecule has 6 N–H and O–H groups in total. The second-order valence-corrected chi connectivity index (χ2v) is 8.61. The summed E-state index contributed by atoms with van der Waals surface area (Å²) in [5.41, 5.74) is 0.932. The number of hydrogen-bond acceptors (Lipinski definition) is 8. The minimum absolute atomic E-state index is 0.0963. The largest absolute Gasteiger partial charge is 0.329 e. The third-order valence-corrected chi connectivity index (χ3v) is 5.72. The van der Waals surface area contributed by atoms with E-state index < -0.39 is 53.7 Å². The summed E-state index contributed by atoms with van der Waals surface area (Å²) in [5, 5.41) is 1.66. The molecule has 28 heavy (non-hydrogen) atoms. The van der Waals surface area contributed by atoms with Gasteiger partial charge in [-0.25, -0.2) is 10.6 Å². The summed E-state index contributed by atoms with van der Waals surface area (Å²) in [6.45, 7) is 0. The molecule has 0 saturated heterocycles. The van der Waals surface area contributed by atoms with E-state index in [0.29, 0.717) is 0 Å². The van der Waals surface area contributed by atoms with Crippen molar-refractivity contribution < 1.29 is 40.3 Å². The topological polar surface area (TPSA) is 210 Å². The Labute approximate surface area is 157 Å². The molecule has 2 aromatic rings. The highest BCUT2D eigenvalue weighted by molar-refractivity contribution is 7.86. The highest BCUT2D eigenvalue weighted by atomic mass is 32.2. The average molecular weight is 429 g/mol. The van der Waals surface area contributed by atoms with Crippen LogP contribution in [0, 0.1) is 0 Å². The number of Topliss-reactive ketones (excluding diaryl/α,β-unsaturated/α-hetero) is 2. The first kappa shape index (κ1) is 19.8. The van der Waals surface area contributed by atoms with Crippen molar-refractivity contribution in [1.82, 2.24) is 10.7 Å². The molecular weight excluding hydrogens is 418 g/mol. The highest BCUT2D eigenvalue weighted by Gasteiger charge is 2.38. The first-order chi connectivity index (χ1) is 12.8. The molecule has 1 aliphatic rings. The smallest absolute Gasteiger partial charge is 0.320 e. The number of ketones is 2. The fourth-order valence-electron chi connectivity index (χ4n) is 2.88.